The zero-order valence-corrected chi connectivity index (χ0v) is 13.7. The lowest BCUT2D eigenvalue weighted by molar-refractivity contribution is -0.120. The number of benzene rings is 1. The Morgan fingerprint density at radius 3 is 2.50 bits per heavy atom. The fourth-order valence-electron chi connectivity index (χ4n) is 1.67. The second-order valence-electron chi connectivity index (χ2n) is 4.55. The lowest BCUT2D eigenvalue weighted by Gasteiger charge is -2.09. The Labute approximate surface area is 147 Å². The molecule has 0 unspecified atom stereocenters. The van der Waals surface area contributed by atoms with Crippen LogP contribution in [-0.4, -0.2) is 29.3 Å². The smallest absolute Gasteiger partial charge is 0.271 e. The van der Waals surface area contributed by atoms with Crippen molar-refractivity contribution in [2.24, 2.45) is 0 Å². The number of halogens is 2. The van der Waals surface area contributed by atoms with Crippen molar-refractivity contribution in [3.05, 3.63) is 63.9 Å². The van der Waals surface area contributed by atoms with Crippen LogP contribution in [0.25, 0.3) is 0 Å². The number of nitrogens with zero attached hydrogens (tertiary/aromatic N) is 1. The number of carbonyl (C=O) groups is 3. The van der Waals surface area contributed by atoms with Crippen LogP contribution in [0.15, 0.2) is 42.7 Å². The van der Waals surface area contributed by atoms with Crippen molar-refractivity contribution in [3.63, 3.8) is 0 Å². The summed E-state index contributed by atoms with van der Waals surface area (Å²) in [7, 11) is 0. The highest BCUT2D eigenvalue weighted by Crippen LogP contribution is 2.20. The van der Waals surface area contributed by atoms with Gasteiger partial charge in [-0.05, 0) is 30.3 Å². The van der Waals surface area contributed by atoms with Crippen molar-refractivity contribution < 1.29 is 14.4 Å². The van der Waals surface area contributed by atoms with Gasteiger partial charge in [-0.3, -0.25) is 30.2 Å². The molecule has 0 radical (unpaired) electrons. The van der Waals surface area contributed by atoms with Crippen LogP contribution in [0.5, 0.6) is 0 Å². The van der Waals surface area contributed by atoms with E-state index in [0.717, 1.165) is 0 Å². The number of hydrogen-bond donors (Lipinski definition) is 3. The zero-order chi connectivity index (χ0) is 17.5. The average Bonchev–Trinajstić information content (AvgIpc) is 2.58. The highest BCUT2D eigenvalue weighted by Gasteiger charge is 2.12. The molecule has 0 aliphatic rings. The Morgan fingerprint density at radius 1 is 1.04 bits per heavy atom. The Morgan fingerprint density at radius 2 is 1.83 bits per heavy atom. The predicted octanol–water partition coefficient (Wildman–Crippen LogP) is 1.58. The van der Waals surface area contributed by atoms with E-state index >= 15 is 0 Å². The van der Waals surface area contributed by atoms with Crippen LogP contribution in [-0.2, 0) is 4.79 Å². The maximum Gasteiger partial charge on any atom is 0.271 e. The number of carbonyl (C=O) groups excluding carboxylic acids is 3. The van der Waals surface area contributed by atoms with E-state index in [0.29, 0.717) is 5.02 Å². The molecule has 9 heteroatoms. The SMILES string of the molecule is O=C(CNC(=O)c1ccc(Cl)cc1Cl)NNC(=O)c1cccnc1. The molecule has 0 atom stereocenters. The van der Waals surface area contributed by atoms with Crippen LogP contribution in [0.2, 0.25) is 10.0 Å². The monoisotopic (exact) mass is 366 g/mol. The van der Waals surface area contributed by atoms with Gasteiger partial charge in [0.2, 0.25) is 0 Å². The van der Waals surface area contributed by atoms with E-state index in [-0.39, 0.29) is 22.7 Å². The Bertz CT molecular complexity index is 769. The number of aromatic nitrogens is 1. The van der Waals surface area contributed by atoms with E-state index in [1.807, 2.05) is 0 Å². The van der Waals surface area contributed by atoms with E-state index in [1.165, 1.54) is 30.6 Å². The molecule has 0 spiro atoms. The number of amides is 3. The van der Waals surface area contributed by atoms with Crippen molar-refractivity contribution >= 4 is 40.9 Å². The quantitative estimate of drug-likeness (QED) is 0.715. The standard InChI is InChI=1S/C15H12Cl2N4O3/c16-10-3-4-11(12(17)6-10)15(24)19-8-13(22)20-21-14(23)9-2-1-5-18-7-9/h1-7H,8H2,(H,19,24)(H,20,22)(H,21,23). The molecule has 0 bridgehead atoms. The number of pyridine rings is 1. The van der Waals surface area contributed by atoms with Gasteiger partial charge in [-0.2, -0.15) is 0 Å². The minimum absolute atomic E-state index is 0.172. The molecule has 1 aromatic carbocycles. The first kappa shape index (κ1) is 17.7. The summed E-state index contributed by atoms with van der Waals surface area (Å²) < 4.78 is 0. The van der Waals surface area contributed by atoms with Crippen molar-refractivity contribution in [2.75, 3.05) is 6.54 Å². The Balaban J connectivity index is 1.80. The third kappa shape index (κ3) is 4.94. The maximum absolute atomic E-state index is 11.9. The minimum Gasteiger partial charge on any atom is -0.343 e. The zero-order valence-electron chi connectivity index (χ0n) is 12.2. The van der Waals surface area contributed by atoms with E-state index in [9.17, 15) is 14.4 Å². The molecular weight excluding hydrogens is 355 g/mol. The number of nitrogens with one attached hydrogen (secondary N) is 3. The van der Waals surface area contributed by atoms with Gasteiger partial charge >= 0.3 is 0 Å². The first-order valence-electron chi connectivity index (χ1n) is 6.70. The van der Waals surface area contributed by atoms with Gasteiger partial charge in [0.25, 0.3) is 17.7 Å². The molecule has 0 aliphatic heterocycles. The predicted molar refractivity (Wildman–Crippen MR) is 88.6 cm³/mol. The molecule has 1 heterocycles. The highest BCUT2D eigenvalue weighted by molar-refractivity contribution is 6.36. The molecule has 0 saturated carbocycles. The third-order valence-electron chi connectivity index (χ3n) is 2.82. The van der Waals surface area contributed by atoms with Gasteiger partial charge in [-0.25, -0.2) is 0 Å². The van der Waals surface area contributed by atoms with Gasteiger partial charge in [0.1, 0.15) is 0 Å². The molecule has 3 N–H and O–H groups in total. The normalized spacial score (nSPS) is 9.92. The molecule has 0 saturated heterocycles. The van der Waals surface area contributed by atoms with Crippen LogP contribution < -0.4 is 16.2 Å². The first-order valence-corrected chi connectivity index (χ1v) is 7.45. The van der Waals surface area contributed by atoms with E-state index in [2.05, 4.69) is 21.2 Å². The van der Waals surface area contributed by atoms with Crippen molar-refractivity contribution in [1.82, 2.24) is 21.2 Å². The first-order chi connectivity index (χ1) is 11.5. The topological polar surface area (TPSA) is 100 Å². The Hall–Kier alpha value is -2.64. The van der Waals surface area contributed by atoms with E-state index < -0.39 is 17.7 Å². The summed E-state index contributed by atoms with van der Waals surface area (Å²) in [4.78, 5) is 39.1. The van der Waals surface area contributed by atoms with Gasteiger partial charge in [0.15, 0.2) is 0 Å². The fourth-order valence-corrected chi connectivity index (χ4v) is 2.16. The molecule has 124 valence electrons. The molecule has 0 fully saturated rings. The van der Waals surface area contributed by atoms with Crippen molar-refractivity contribution in [3.8, 4) is 0 Å². The minimum atomic E-state index is -0.606. The summed E-state index contributed by atoms with van der Waals surface area (Å²) in [6, 6.07) is 7.51. The van der Waals surface area contributed by atoms with Crippen LogP contribution in [0.3, 0.4) is 0 Å². The lowest BCUT2D eigenvalue weighted by atomic mass is 10.2. The molecule has 24 heavy (non-hydrogen) atoms. The van der Waals surface area contributed by atoms with Crippen LogP contribution >= 0.6 is 23.2 Å². The van der Waals surface area contributed by atoms with Crippen molar-refractivity contribution in [2.45, 2.75) is 0 Å². The number of rotatable bonds is 4. The largest absolute Gasteiger partial charge is 0.343 e. The summed E-state index contributed by atoms with van der Waals surface area (Å²) >= 11 is 11.6. The van der Waals surface area contributed by atoms with E-state index in [4.69, 9.17) is 23.2 Å². The summed E-state index contributed by atoms with van der Waals surface area (Å²) in [6.07, 6.45) is 2.87. The van der Waals surface area contributed by atoms with Crippen LogP contribution in [0.4, 0.5) is 0 Å². The van der Waals surface area contributed by atoms with Gasteiger partial charge in [-0.1, -0.05) is 23.2 Å². The second-order valence-corrected chi connectivity index (χ2v) is 5.39. The van der Waals surface area contributed by atoms with Gasteiger partial charge in [0, 0.05) is 17.4 Å². The number of hydrogen-bond acceptors (Lipinski definition) is 4. The molecule has 1 aromatic heterocycles. The van der Waals surface area contributed by atoms with Crippen molar-refractivity contribution in [1.29, 1.82) is 0 Å². The summed E-state index contributed by atoms with van der Waals surface area (Å²) in [5.41, 5.74) is 4.86. The molecular formula is C15H12Cl2N4O3. The van der Waals surface area contributed by atoms with Crippen LogP contribution in [0, 0.1) is 0 Å². The van der Waals surface area contributed by atoms with E-state index in [1.54, 1.807) is 12.1 Å². The molecule has 3 amide bonds. The highest BCUT2D eigenvalue weighted by atomic mass is 35.5. The molecule has 2 rings (SSSR count). The fraction of sp³-hybridized carbons (Fsp3) is 0.0667. The molecule has 7 nitrogen and oxygen atoms in total. The summed E-state index contributed by atoms with van der Waals surface area (Å²) in [5.74, 6) is -1.67. The third-order valence-corrected chi connectivity index (χ3v) is 3.37. The summed E-state index contributed by atoms with van der Waals surface area (Å²) in [6.45, 7) is -0.342. The second kappa shape index (κ2) is 8.28. The lowest BCUT2D eigenvalue weighted by Crippen LogP contribution is -2.46. The maximum atomic E-state index is 11.9. The van der Waals surface area contributed by atoms with Crippen LogP contribution in [0.1, 0.15) is 20.7 Å². The molecule has 2 aromatic rings. The molecule has 0 aliphatic carbocycles. The van der Waals surface area contributed by atoms with Gasteiger partial charge in [-0.15, -0.1) is 0 Å². The number of hydrazine groups is 1. The summed E-state index contributed by atoms with van der Waals surface area (Å²) in [5, 5.41) is 2.95. The van der Waals surface area contributed by atoms with Gasteiger partial charge in [0.05, 0.1) is 22.7 Å². The average molecular weight is 367 g/mol. The Kier molecular flexibility index (Phi) is 6.11. The van der Waals surface area contributed by atoms with Gasteiger partial charge < -0.3 is 5.32 Å².